The van der Waals surface area contributed by atoms with E-state index in [4.69, 9.17) is 9.47 Å². The molecule has 0 radical (unpaired) electrons. The zero-order valence-corrected chi connectivity index (χ0v) is 13.9. The maximum atomic E-state index is 13.2. The minimum Gasteiger partial charge on any atom is -0.493 e. The van der Waals surface area contributed by atoms with Gasteiger partial charge in [0.25, 0.3) is 0 Å². The van der Waals surface area contributed by atoms with Gasteiger partial charge in [-0.25, -0.2) is 4.39 Å². The number of ether oxygens (including phenoxy) is 2. The lowest BCUT2D eigenvalue weighted by Gasteiger charge is -2.25. The van der Waals surface area contributed by atoms with Crippen molar-refractivity contribution in [2.45, 2.75) is 25.1 Å². The topological polar surface area (TPSA) is 41.9 Å². The number of methoxy groups -OCH3 is 2. The van der Waals surface area contributed by atoms with Gasteiger partial charge < -0.3 is 14.6 Å². The summed E-state index contributed by atoms with van der Waals surface area (Å²) in [6, 6.07) is 12.3. The van der Waals surface area contributed by atoms with E-state index in [2.05, 4.69) is 4.90 Å². The summed E-state index contributed by atoms with van der Waals surface area (Å²) in [7, 11) is 3.24. The Balaban J connectivity index is 1.86. The van der Waals surface area contributed by atoms with Crippen molar-refractivity contribution in [3.8, 4) is 11.5 Å². The molecule has 1 aliphatic rings. The molecule has 0 saturated carbocycles. The summed E-state index contributed by atoms with van der Waals surface area (Å²) in [5, 5.41) is 10.1. The molecule has 5 heteroatoms. The fourth-order valence-corrected chi connectivity index (χ4v) is 3.38. The summed E-state index contributed by atoms with van der Waals surface area (Å²) in [6.07, 6.45) is 0.245. The summed E-state index contributed by atoms with van der Waals surface area (Å²) in [4.78, 5) is 2.19. The SMILES string of the molecule is COc1cccc(CN2C[C@H](O)C[C@H]2c2ccc(F)cc2)c1OC. The lowest BCUT2D eigenvalue weighted by molar-refractivity contribution is 0.172. The standard InChI is InChI=1S/C19H22FNO3/c1-23-18-5-3-4-14(19(18)24-2)11-21-12-16(22)10-17(21)13-6-8-15(20)9-7-13/h3-9,16-17,22H,10-12H2,1-2H3/t16-,17+/m1/s1. The molecular weight excluding hydrogens is 309 g/mol. The monoisotopic (exact) mass is 331 g/mol. The van der Waals surface area contributed by atoms with Crippen LogP contribution in [0.15, 0.2) is 42.5 Å². The molecule has 0 spiro atoms. The highest BCUT2D eigenvalue weighted by Crippen LogP contribution is 2.37. The van der Waals surface area contributed by atoms with Gasteiger partial charge in [0.2, 0.25) is 0 Å². The molecule has 3 rings (SSSR count). The third-order valence-corrected chi connectivity index (χ3v) is 4.49. The maximum Gasteiger partial charge on any atom is 0.165 e. The number of hydrogen-bond donors (Lipinski definition) is 1. The van der Waals surface area contributed by atoms with Crippen LogP contribution in [0, 0.1) is 5.82 Å². The van der Waals surface area contributed by atoms with Gasteiger partial charge in [-0.3, -0.25) is 4.90 Å². The van der Waals surface area contributed by atoms with Crippen LogP contribution in [-0.4, -0.2) is 36.9 Å². The van der Waals surface area contributed by atoms with Gasteiger partial charge in [0.05, 0.1) is 20.3 Å². The van der Waals surface area contributed by atoms with E-state index in [-0.39, 0.29) is 11.9 Å². The number of aliphatic hydroxyl groups is 1. The zero-order chi connectivity index (χ0) is 17.1. The third kappa shape index (κ3) is 3.37. The minimum atomic E-state index is -0.392. The summed E-state index contributed by atoms with van der Waals surface area (Å²) in [6.45, 7) is 1.20. The number of rotatable bonds is 5. The highest BCUT2D eigenvalue weighted by atomic mass is 19.1. The van der Waals surface area contributed by atoms with Crippen molar-refractivity contribution in [1.29, 1.82) is 0 Å². The fourth-order valence-electron chi connectivity index (χ4n) is 3.38. The molecule has 4 nitrogen and oxygen atoms in total. The van der Waals surface area contributed by atoms with Crippen LogP contribution < -0.4 is 9.47 Å². The van der Waals surface area contributed by atoms with Crippen molar-refractivity contribution in [3.05, 3.63) is 59.4 Å². The lowest BCUT2D eigenvalue weighted by atomic mass is 10.0. The maximum absolute atomic E-state index is 13.2. The second-order valence-corrected chi connectivity index (χ2v) is 6.04. The van der Waals surface area contributed by atoms with E-state index < -0.39 is 6.10 Å². The average Bonchev–Trinajstić information content (AvgIpc) is 2.95. The van der Waals surface area contributed by atoms with Crippen LogP contribution in [0.2, 0.25) is 0 Å². The Morgan fingerprint density at radius 2 is 1.88 bits per heavy atom. The van der Waals surface area contributed by atoms with Crippen LogP contribution in [0.1, 0.15) is 23.6 Å². The summed E-state index contributed by atoms with van der Waals surface area (Å²) >= 11 is 0. The molecule has 2 aromatic carbocycles. The highest BCUT2D eigenvalue weighted by Gasteiger charge is 2.32. The van der Waals surface area contributed by atoms with E-state index in [0.717, 1.165) is 11.1 Å². The van der Waals surface area contributed by atoms with Crippen LogP contribution in [0.5, 0.6) is 11.5 Å². The first-order valence-electron chi connectivity index (χ1n) is 7.99. The van der Waals surface area contributed by atoms with E-state index in [1.165, 1.54) is 12.1 Å². The zero-order valence-electron chi connectivity index (χ0n) is 13.9. The second kappa shape index (κ2) is 7.20. The highest BCUT2D eigenvalue weighted by molar-refractivity contribution is 5.46. The Hall–Kier alpha value is -2.11. The van der Waals surface area contributed by atoms with Crippen LogP contribution >= 0.6 is 0 Å². The van der Waals surface area contributed by atoms with Crippen molar-refractivity contribution in [2.24, 2.45) is 0 Å². The predicted octanol–water partition coefficient (Wildman–Crippen LogP) is 3.15. The van der Waals surface area contributed by atoms with Crippen molar-refractivity contribution in [3.63, 3.8) is 0 Å². The van der Waals surface area contributed by atoms with Gasteiger partial charge >= 0.3 is 0 Å². The van der Waals surface area contributed by atoms with Crippen molar-refractivity contribution < 1.29 is 19.0 Å². The van der Waals surface area contributed by atoms with E-state index >= 15 is 0 Å². The van der Waals surface area contributed by atoms with Gasteiger partial charge in [0, 0.05) is 24.7 Å². The van der Waals surface area contributed by atoms with Gasteiger partial charge in [0.15, 0.2) is 11.5 Å². The summed E-state index contributed by atoms with van der Waals surface area (Å²) in [5.74, 6) is 1.14. The quantitative estimate of drug-likeness (QED) is 0.914. The molecule has 0 aliphatic carbocycles. The van der Waals surface area contributed by atoms with Crippen molar-refractivity contribution in [1.82, 2.24) is 4.90 Å². The Labute approximate surface area is 141 Å². The molecule has 0 amide bonds. The number of benzene rings is 2. The van der Waals surface area contributed by atoms with Gasteiger partial charge in [0.1, 0.15) is 5.82 Å². The van der Waals surface area contributed by atoms with Crippen LogP contribution in [-0.2, 0) is 6.54 Å². The van der Waals surface area contributed by atoms with Crippen LogP contribution in [0.3, 0.4) is 0 Å². The molecule has 2 atom stereocenters. The molecule has 0 bridgehead atoms. The van der Waals surface area contributed by atoms with Gasteiger partial charge in [-0.2, -0.15) is 0 Å². The Bertz CT molecular complexity index is 690. The normalized spacial score (nSPS) is 21.0. The van der Waals surface area contributed by atoms with Crippen LogP contribution in [0.4, 0.5) is 4.39 Å². The van der Waals surface area contributed by atoms with E-state index in [0.29, 0.717) is 31.0 Å². The van der Waals surface area contributed by atoms with Gasteiger partial charge in [-0.15, -0.1) is 0 Å². The predicted molar refractivity (Wildman–Crippen MR) is 89.7 cm³/mol. The van der Waals surface area contributed by atoms with Gasteiger partial charge in [-0.05, 0) is 30.2 Å². The average molecular weight is 331 g/mol. The molecule has 1 heterocycles. The number of halogens is 1. The first-order chi connectivity index (χ1) is 11.6. The van der Waals surface area contributed by atoms with E-state index in [9.17, 15) is 9.50 Å². The van der Waals surface area contributed by atoms with E-state index in [1.54, 1.807) is 26.4 Å². The molecule has 24 heavy (non-hydrogen) atoms. The summed E-state index contributed by atoms with van der Waals surface area (Å²) < 4.78 is 24.0. The molecule has 1 saturated heterocycles. The van der Waals surface area contributed by atoms with Gasteiger partial charge in [-0.1, -0.05) is 24.3 Å². The molecule has 1 aliphatic heterocycles. The molecule has 2 aromatic rings. The van der Waals surface area contributed by atoms with Crippen molar-refractivity contribution >= 4 is 0 Å². The van der Waals surface area contributed by atoms with E-state index in [1.807, 2.05) is 18.2 Å². The number of para-hydroxylation sites is 1. The number of likely N-dealkylation sites (tertiary alicyclic amines) is 1. The Morgan fingerprint density at radius 3 is 2.54 bits per heavy atom. The molecule has 0 unspecified atom stereocenters. The number of aliphatic hydroxyl groups excluding tert-OH is 1. The van der Waals surface area contributed by atoms with Crippen LogP contribution in [0.25, 0.3) is 0 Å². The molecule has 0 aromatic heterocycles. The number of nitrogens with zero attached hydrogens (tertiary/aromatic N) is 1. The number of hydrogen-bond acceptors (Lipinski definition) is 4. The molecule has 1 fully saturated rings. The molecule has 1 N–H and O–H groups in total. The first kappa shape index (κ1) is 16.7. The largest absolute Gasteiger partial charge is 0.493 e. The number of β-amino-alcohol motifs (C(OH)–C–C–N with tert-alkyl or cyclic N) is 1. The second-order valence-electron chi connectivity index (χ2n) is 6.04. The Morgan fingerprint density at radius 1 is 1.12 bits per heavy atom. The summed E-state index contributed by atoms with van der Waals surface area (Å²) in [5.41, 5.74) is 2.01. The third-order valence-electron chi connectivity index (χ3n) is 4.49. The lowest BCUT2D eigenvalue weighted by Crippen LogP contribution is -2.24. The molecule has 128 valence electrons. The minimum absolute atomic E-state index is 0.0523. The fraction of sp³-hybridized carbons (Fsp3) is 0.368. The smallest absolute Gasteiger partial charge is 0.165 e. The van der Waals surface area contributed by atoms with Crippen molar-refractivity contribution in [2.75, 3.05) is 20.8 Å². The first-order valence-corrected chi connectivity index (χ1v) is 7.99. The molecular formula is C19H22FNO3. The Kier molecular flexibility index (Phi) is 5.02.